The standard InChI is InChI=1S/C25H42O2/c1-4-5-6-7-8-9-10-11-17-25(2,3)21-15-16-23(24(27)19-21)20-13-12-14-22(26)18-20/h15-16,19-20,22,26-27H,4-14,17-18H2,1-3H3/t20-,22+/m0/s1. The van der Waals surface area contributed by atoms with Crippen molar-refractivity contribution >= 4 is 0 Å². The first-order chi connectivity index (χ1) is 12.9. The summed E-state index contributed by atoms with van der Waals surface area (Å²) in [4.78, 5) is 0. The molecule has 1 aliphatic carbocycles. The molecule has 0 amide bonds. The third-order valence-electron chi connectivity index (χ3n) is 6.55. The van der Waals surface area contributed by atoms with Crippen molar-refractivity contribution in [2.24, 2.45) is 0 Å². The van der Waals surface area contributed by atoms with Crippen molar-refractivity contribution in [3.63, 3.8) is 0 Å². The van der Waals surface area contributed by atoms with Crippen LogP contribution in [0.5, 0.6) is 5.75 Å². The molecule has 2 atom stereocenters. The first-order valence-corrected chi connectivity index (χ1v) is 11.5. The molecule has 0 saturated heterocycles. The van der Waals surface area contributed by atoms with Crippen LogP contribution in [0.15, 0.2) is 18.2 Å². The summed E-state index contributed by atoms with van der Waals surface area (Å²) in [5.74, 6) is 0.731. The van der Waals surface area contributed by atoms with Crippen LogP contribution in [0.3, 0.4) is 0 Å². The van der Waals surface area contributed by atoms with Crippen LogP contribution in [0.4, 0.5) is 0 Å². The molecule has 2 nitrogen and oxygen atoms in total. The highest BCUT2D eigenvalue weighted by molar-refractivity contribution is 5.41. The normalized spacial score (nSPS) is 20.7. The Kier molecular flexibility index (Phi) is 9.15. The minimum Gasteiger partial charge on any atom is -0.508 e. The molecule has 1 aliphatic rings. The number of hydrogen-bond acceptors (Lipinski definition) is 2. The maximum Gasteiger partial charge on any atom is 0.119 e. The van der Waals surface area contributed by atoms with Gasteiger partial charge in [-0.05, 0) is 54.2 Å². The second-order valence-electron chi connectivity index (χ2n) is 9.40. The van der Waals surface area contributed by atoms with Gasteiger partial charge in [0, 0.05) is 0 Å². The number of aromatic hydroxyl groups is 1. The van der Waals surface area contributed by atoms with Gasteiger partial charge in [0.1, 0.15) is 5.75 Å². The summed E-state index contributed by atoms with van der Waals surface area (Å²) in [7, 11) is 0. The molecule has 27 heavy (non-hydrogen) atoms. The molecule has 0 aromatic heterocycles. The minimum absolute atomic E-state index is 0.101. The molecular formula is C25H42O2. The molecule has 154 valence electrons. The van der Waals surface area contributed by atoms with Gasteiger partial charge in [-0.25, -0.2) is 0 Å². The van der Waals surface area contributed by atoms with Crippen molar-refractivity contribution in [2.45, 2.75) is 122 Å². The van der Waals surface area contributed by atoms with Gasteiger partial charge in [-0.1, -0.05) is 90.7 Å². The first-order valence-electron chi connectivity index (χ1n) is 11.5. The third kappa shape index (κ3) is 7.14. The molecular weight excluding hydrogens is 332 g/mol. The van der Waals surface area contributed by atoms with Crippen LogP contribution < -0.4 is 0 Å². The van der Waals surface area contributed by atoms with E-state index >= 15 is 0 Å². The Morgan fingerprint density at radius 1 is 0.963 bits per heavy atom. The number of aliphatic hydroxyl groups excluding tert-OH is 1. The lowest BCUT2D eigenvalue weighted by molar-refractivity contribution is 0.119. The fourth-order valence-electron chi connectivity index (χ4n) is 4.60. The van der Waals surface area contributed by atoms with E-state index in [1.165, 1.54) is 63.4 Å². The SMILES string of the molecule is CCCCCCCCCCC(C)(C)c1ccc([C@H]2CCC[C@@H](O)C2)c(O)c1. The lowest BCUT2D eigenvalue weighted by atomic mass is 9.77. The van der Waals surface area contributed by atoms with E-state index in [1.807, 2.05) is 6.07 Å². The summed E-state index contributed by atoms with van der Waals surface area (Å²) in [5.41, 5.74) is 2.37. The van der Waals surface area contributed by atoms with E-state index in [4.69, 9.17) is 0 Å². The third-order valence-corrected chi connectivity index (χ3v) is 6.55. The maximum absolute atomic E-state index is 10.6. The van der Waals surface area contributed by atoms with Crippen LogP contribution in [0, 0.1) is 0 Å². The Morgan fingerprint density at radius 2 is 1.63 bits per heavy atom. The summed E-state index contributed by atoms with van der Waals surface area (Å²) in [5, 5.41) is 20.6. The van der Waals surface area contributed by atoms with Crippen molar-refractivity contribution in [3.05, 3.63) is 29.3 Å². The molecule has 0 bridgehead atoms. The molecule has 0 aliphatic heterocycles. The van der Waals surface area contributed by atoms with E-state index in [9.17, 15) is 10.2 Å². The number of benzene rings is 1. The van der Waals surface area contributed by atoms with Gasteiger partial charge in [-0.3, -0.25) is 0 Å². The molecule has 1 aromatic carbocycles. The van der Waals surface area contributed by atoms with Crippen LogP contribution in [-0.4, -0.2) is 16.3 Å². The Bertz CT molecular complexity index is 549. The number of phenols is 1. The van der Waals surface area contributed by atoms with E-state index in [-0.39, 0.29) is 11.5 Å². The zero-order valence-corrected chi connectivity index (χ0v) is 18.0. The summed E-state index contributed by atoms with van der Waals surface area (Å²) >= 11 is 0. The van der Waals surface area contributed by atoms with Crippen LogP contribution in [0.2, 0.25) is 0 Å². The highest BCUT2D eigenvalue weighted by atomic mass is 16.3. The van der Waals surface area contributed by atoms with E-state index in [1.54, 1.807) is 0 Å². The minimum atomic E-state index is -0.207. The van der Waals surface area contributed by atoms with Crippen molar-refractivity contribution in [1.82, 2.24) is 0 Å². The zero-order chi connectivity index (χ0) is 19.7. The number of unbranched alkanes of at least 4 members (excludes halogenated alkanes) is 7. The molecule has 0 heterocycles. The summed E-state index contributed by atoms with van der Waals surface area (Å²) in [6.07, 6.45) is 15.6. The average molecular weight is 375 g/mol. The predicted molar refractivity (Wildman–Crippen MR) is 116 cm³/mol. The van der Waals surface area contributed by atoms with Crippen LogP contribution in [0.1, 0.15) is 121 Å². The fourth-order valence-corrected chi connectivity index (χ4v) is 4.60. The smallest absolute Gasteiger partial charge is 0.119 e. The van der Waals surface area contributed by atoms with Crippen LogP contribution in [-0.2, 0) is 5.41 Å². The lowest BCUT2D eigenvalue weighted by Crippen LogP contribution is -2.19. The molecule has 0 spiro atoms. The summed E-state index contributed by atoms with van der Waals surface area (Å²) in [6, 6.07) is 6.31. The Balaban J connectivity index is 1.82. The number of aliphatic hydroxyl groups is 1. The number of hydrogen-bond donors (Lipinski definition) is 2. The molecule has 1 fully saturated rings. The van der Waals surface area contributed by atoms with Crippen molar-refractivity contribution in [1.29, 1.82) is 0 Å². The van der Waals surface area contributed by atoms with Gasteiger partial charge in [-0.15, -0.1) is 0 Å². The van der Waals surface area contributed by atoms with Crippen LogP contribution >= 0.6 is 0 Å². The van der Waals surface area contributed by atoms with Gasteiger partial charge in [0.25, 0.3) is 0 Å². The molecule has 2 rings (SSSR count). The lowest BCUT2D eigenvalue weighted by Gasteiger charge is -2.29. The van der Waals surface area contributed by atoms with E-state index < -0.39 is 0 Å². The molecule has 1 aromatic rings. The Morgan fingerprint density at radius 3 is 2.26 bits per heavy atom. The molecule has 2 heteroatoms. The highest BCUT2D eigenvalue weighted by Gasteiger charge is 2.26. The van der Waals surface area contributed by atoms with Crippen molar-refractivity contribution in [2.75, 3.05) is 0 Å². The predicted octanol–water partition coefficient (Wildman–Crippen LogP) is 7.22. The molecule has 1 saturated carbocycles. The summed E-state index contributed by atoms with van der Waals surface area (Å²) in [6.45, 7) is 6.87. The first kappa shape index (κ1) is 22.3. The highest BCUT2D eigenvalue weighted by Crippen LogP contribution is 2.40. The molecule has 2 N–H and O–H groups in total. The second kappa shape index (κ2) is 11.1. The largest absolute Gasteiger partial charge is 0.508 e. The van der Waals surface area contributed by atoms with E-state index in [2.05, 4.69) is 32.9 Å². The Hall–Kier alpha value is -1.02. The van der Waals surface area contributed by atoms with Gasteiger partial charge >= 0.3 is 0 Å². The maximum atomic E-state index is 10.6. The van der Waals surface area contributed by atoms with Crippen LogP contribution in [0.25, 0.3) is 0 Å². The fraction of sp³-hybridized carbons (Fsp3) is 0.760. The number of phenolic OH excluding ortho intramolecular Hbond substituents is 1. The Labute approximate surface area is 167 Å². The van der Waals surface area contributed by atoms with Crippen molar-refractivity contribution in [3.8, 4) is 5.75 Å². The number of rotatable bonds is 11. The topological polar surface area (TPSA) is 40.5 Å². The average Bonchev–Trinajstić information content (AvgIpc) is 2.63. The monoisotopic (exact) mass is 374 g/mol. The summed E-state index contributed by atoms with van der Waals surface area (Å²) < 4.78 is 0. The van der Waals surface area contributed by atoms with Gasteiger partial charge in [0.05, 0.1) is 6.10 Å². The van der Waals surface area contributed by atoms with Gasteiger partial charge < -0.3 is 10.2 Å². The second-order valence-corrected chi connectivity index (χ2v) is 9.40. The quantitative estimate of drug-likeness (QED) is 0.401. The zero-order valence-electron chi connectivity index (χ0n) is 18.0. The van der Waals surface area contributed by atoms with Gasteiger partial charge in [0.15, 0.2) is 0 Å². The van der Waals surface area contributed by atoms with E-state index in [0.29, 0.717) is 11.7 Å². The van der Waals surface area contributed by atoms with Gasteiger partial charge in [-0.2, -0.15) is 0 Å². The van der Waals surface area contributed by atoms with E-state index in [0.717, 1.165) is 31.2 Å². The molecule has 0 radical (unpaired) electrons. The molecule has 0 unspecified atom stereocenters. The van der Waals surface area contributed by atoms with Gasteiger partial charge in [0.2, 0.25) is 0 Å². The van der Waals surface area contributed by atoms with Crippen molar-refractivity contribution < 1.29 is 10.2 Å².